The van der Waals surface area contributed by atoms with Crippen molar-refractivity contribution in [3.63, 3.8) is 0 Å². The van der Waals surface area contributed by atoms with Gasteiger partial charge in [0.15, 0.2) is 0 Å². The zero-order valence-electron chi connectivity index (χ0n) is 13.1. The number of hydrogen-bond donors (Lipinski definition) is 1. The van der Waals surface area contributed by atoms with Gasteiger partial charge in [0, 0.05) is 25.1 Å². The van der Waals surface area contributed by atoms with Crippen LogP contribution in [0.25, 0.3) is 0 Å². The molecule has 2 unspecified atom stereocenters. The largest absolute Gasteiger partial charge is 0.373 e. The van der Waals surface area contributed by atoms with E-state index < -0.39 is 0 Å². The topological polar surface area (TPSA) is 21.3 Å². The third-order valence-electron chi connectivity index (χ3n) is 5.26. The maximum absolute atomic E-state index is 6.13. The van der Waals surface area contributed by atoms with E-state index in [4.69, 9.17) is 4.74 Å². The number of nitrogens with one attached hydrogen (secondary N) is 1. The Hall–Kier alpha value is -1.64. The van der Waals surface area contributed by atoms with E-state index in [9.17, 15) is 0 Å². The third-order valence-corrected chi connectivity index (χ3v) is 5.26. The molecule has 0 saturated carbocycles. The van der Waals surface area contributed by atoms with Crippen molar-refractivity contribution in [3.8, 4) is 0 Å². The van der Waals surface area contributed by atoms with E-state index in [1.54, 1.807) is 0 Å². The normalized spacial score (nSPS) is 27.6. The predicted octanol–water partition coefficient (Wildman–Crippen LogP) is 3.89. The van der Waals surface area contributed by atoms with Gasteiger partial charge in [0.05, 0.1) is 6.10 Å². The molecule has 0 aliphatic carbocycles. The molecule has 1 N–H and O–H groups in total. The number of ether oxygens (including phenoxy) is 1. The van der Waals surface area contributed by atoms with Crippen LogP contribution in [-0.4, -0.2) is 13.2 Å². The second-order valence-corrected chi connectivity index (χ2v) is 6.77. The van der Waals surface area contributed by atoms with Crippen LogP contribution in [0, 0.1) is 6.92 Å². The molecule has 114 valence electrons. The van der Waals surface area contributed by atoms with E-state index >= 15 is 0 Å². The number of hydrogen-bond acceptors (Lipinski definition) is 2. The summed E-state index contributed by atoms with van der Waals surface area (Å²) in [6.45, 7) is 5.05. The van der Waals surface area contributed by atoms with Crippen LogP contribution in [0.1, 0.15) is 41.2 Å². The van der Waals surface area contributed by atoms with E-state index in [-0.39, 0.29) is 11.5 Å². The zero-order valence-corrected chi connectivity index (χ0v) is 13.1. The molecule has 0 amide bonds. The highest BCUT2D eigenvalue weighted by atomic mass is 16.5. The van der Waals surface area contributed by atoms with Gasteiger partial charge in [-0.2, -0.15) is 0 Å². The van der Waals surface area contributed by atoms with Crippen LogP contribution in [0.2, 0.25) is 0 Å². The van der Waals surface area contributed by atoms with Crippen LogP contribution in [0.4, 0.5) is 0 Å². The lowest BCUT2D eigenvalue weighted by Gasteiger charge is -2.45. The van der Waals surface area contributed by atoms with Crippen molar-refractivity contribution in [2.24, 2.45) is 0 Å². The standard InChI is InChI=1S/C20H23NO/c1-15-5-4-7-16(11-15)19-12-20(9-10-22-19)14-21-13-17-6-2-3-8-18(17)20/h2-8,11,19,21H,9-10,12-14H2,1H3. The first kappa shape index (κ1) is 14.0. The van der Waals surface area contributed by atoms with Crippen LogP contribution in [0.3, 0.4) is 0 Å². The van der Waals surface area contributed by atoms with Gasteiger partial charge in [-0.3, -0.25) is 0 Å². The fourth-order valence-corrected chi connectivity index (χ4v) is 4.13. The molecular formula is C20H23NO. The fourth-order valence-electron chi connectivity index (χ4n) is 4.13. The molecule has 2 aliphatic rings. The van der Waals surface area contributed by atoms with Gasteiger partial charge in [-0.15, -0.1) is 0 Å². The Labute approximate surface area is 132 Å². The van der Waals surface area contributed by atoms with Crippen molar-refractivity contribution < 1.29 is 4.74 Å². The van der Waals surface area contributed by atoms with Gasteiger partial charge < -0.3 is 10.1 Å². The SMILES string of the molecule is Cc1cccc(C2CC3(CCO2)CNCc2ccccc23)c1. The van der Waals surface area contributed by atoms with E-state index in [1.165, 1.54) is 22.3 Å². The summed E-state index contributed by atoms with van der Waals surface area (Å²) in [5.74, 6) is 0. The second kappa shape index (κ2) is 5.53. The van der Waals surface area contributed by atoms with Crippen molar-refractivity contribution >= 4 is 0 Å². The fraction of sp³-hybridized carbons (Fsp3) is 0.400. The van der Waals surface area contributed by atoms with E-state index in [0.29, 0.717) is 0 Å². The monoisotopic (exact) mass is 293 g/mol. The molecule has 22 heavy (non-hydrogen) atoms. The van der Waals surface area contributed by atoms with Gasteiger partial charge in [0.2, 0.25) is 0 Å². The van der Waals surface area contributed by atoms with Crippen molar-refractivity contribution in [3.05, 3.63) is 70.8 Å². The van der Waals surface area contributed by atoms with Gasteiger partial charge in [-0.25, -0.2) is 0 Å². The summed E-state index contributed by atoms with van der Waals surface area (Å²) >= 11 is 0. The molecular weight excluding hydrogens is 270 g/mol. The Morgan fingerprint density at radius 1 is 1.14 bits per heavy atom. The van der Waals surface area contributed by atoms with Crippen molar-refractivity contribution in [1.82, 2.24) is 5.32 Å². The van der Waals surface area contributed by atoms with Crippen LogP contribution in [-0.2, 0) is 16.7 Å². The van der Waals surface area contributed by atoms with Gasteiger partial charge in [-0.1, -0.05) is 54.1 Å². The van der Waals surface area contributed by atoms with Gasteiger partial charge in [-0.05, 0) is 36.5 Å². The quantitative estimate of drug-likeness (QED) is 0.861. The summed E-state index contributed by atoms with van der Waals surface area (Å²) in [5, 5.41) is 3.63. The van der Waals surface area contributed by atoms with Gasteiger partial charge in [0.25, 0.3) is 0 Å². The minimum absolute atomic E-state index is 0.210. The molecule has 4 rings (SSSR count). The van der Waals surface area contributed by atoms with E-state index in [1.807, 2.05) is 0 Å². The van der Waals surface area contributed by atoms with Crippen LogP contribution < -0.4 is 5.32 Å². The summed E-state index contributed by atoms with van der Waals surface area (Å²) in [7, 11) is 0. The summed E-state index contributed by atoms with van der Waals surface area (Å²) in [4.78, 5) is 0. The minimum atomic E-state index is 0.210. The predicted molar refractivity (Wildman–Crippen MR) is 88.9 cm³/mol. The van der Waals surface area contributed by atoms with E-state index in [0.717, 1.165) is 32.5 Å². The highest BCUT2D eigenvalue weighted by molar-refractivity contribution is 5.38. The van der Waals surface area contributed by atoms with Crippen molar-refractivity contribution in [2.45, 2.75) is 37.8 Å². The molecule has 0 radical (unpaired) electrons. The number of rotatable bonds is 1. The van der Waals surface area contributed by atoms with Gasteiger partial charge >= 0.3 is 0 Å². The van der Waals surface area contributed by atoms with Crippen molar-refractivity contribution in [1.29, 1.82) is 0 Å². The summed E-state index contributed by atoms with van der Waals surface area (Å²) in [6.07, 6.45) is 2.39. The lowest BCUT2D eigenvalue weighted by atomic mass is 9.68. The van der Waals surface area contributed by atoms with Crippen LogP contribution in [0.15, 0.2) is 48.5 Å². The van der Waals surface area contributed by atoms with Gasteiger partial charge in [0.1, 0.15) is 0 Å². The second-order valence-electron chi connectivity index (χ2n) is 6.77. The highest BCUT2D eigenvalue weighted by Gasteiger charge is 2.41. The molecule has 2 aromatic rings. The Bertz CT molecular complexity index is 681. The number of fused-ring (bicyclic) bond motifs is 2. The Morgan fingerprint density at radius 2 is 2.05 bits per heavy atom. The lowest BCUT2D eigenvalue weighted by molar-refractivity contribution is -0.0247. The van der Waals surface area contributed by atoms with Crippen LogP contribution >= 0.6 is 0 Å². The summed E-state index contributed by atoms with van der Waals surface area (Å²) in [5.41, 5.74) is 5.85. The smallest absolute Gasteiger partial charge is 0.0834 e. The average Bonchev–Trinajstić information content (AvgIpc) is 2.56. The maximum Gasteiger partial charge on any atom is 0.0834 e. The lowest BCUT2D eigenvalue weighted by Crippen LogP contribution is -2.47. The summed E-state index contributed by atoms with van der Waals surface area (Å²) in [6, 6.07) is 17.7. The van der Waals surface area contributed by atoms with Crippen molar-refractivity contribution in [2.75, 3.05) is 13.2 Å². The first-order chi connectivity index (χ1) is 10.8. The third kappa shape index (κ3) is 2.37. The van der Waals surface area contributed by atoms with E-state index in [2.05, 4.69) is 60.8 Å². The molecule has 2 nitrogen and oxygen atoms in total. The Balaban J connectivity index is 1.69. The molecule has 2 heterocycles. The average molecular weight is 293 g/mol. The zero-order chi connectivity index (χ0) is 15.0. The van der Waals surface area contributed by atoms with Crippen LogP contribution in [0.5, 0.6) is 0 Å². The molecule has 1 fully saturated rings. The molecule has 1 saturated heterocycles. The molecule has 1 spiro atoms. The molecule has 0 aromatic heterocycles. The molecule has 2 aliphatic heterocycles. The molecule has 0 bridgehead atoms. The Morgan fingerprint density at radius 3 is 2.95 bits per heavy atom. The number of benzene rings is 2. The first-order valence-corrected chi connectivity index (χ1v) is 8.24. The Kier molecular flexibility index (Phi) is 3.51. The molecule has 2 atom stereocenters. The maximum atomic E-state index is 6.13. The summed E-state index contributed by atoms with van der Waals surface area (Å²) < 4.78 is 6.13. The highest BCUT2D eigenvalue weighted by Crippen LogP contribution is 2.44. The molecule has 2 aromatic carbocycles. The molecule has 2 heteroatoms. The number of aryl methyl sites for hydroxylation is 1. The minimum Gasteiger partial charge on any atom is -0.373 e. The first-order valence-electron chi connectivity index (χ1n) is 8.24.